The van der Waals surface area contributed by atoms with Crippen molar-refractivity contribution >= 4 is 0 Å². The van der Waals surface area contributed by atoms with Gasteiger partial charge in [0.25, 0.3) is 0 Å². The zero-order valence-corrected chi connectivity index (χ0v) is 6.28. The van der Waals surface area contributed by atoms with Crippen LogP contribution in [0.5, 0.6) is 0 Å². The van der Waals surface area contributed by atoms with Gasteiger partial charge in [0.1, 0.15) is 0 Å². The molecule has 0 aliphatic carbocycles. The Morgan fingerprint density at radius 3 is 2.90 bits per heavy atom. The second kappa shape index (κ2) is 2.79. The van der Waals surface area contributed by atoms with Gasteiger partial charge in [-0.2, -0.15) is 0 Å². The van der Waals surface area contributed by atoms with Crippen molar-refractivity contribution in [3.05, 3.63) is 11.9 Å². The molecule has 1 aromatic heterocycles. The molecule has 10 heavy (non-hydrogen) atoms. The molecule has 0 unspecified atom stereocenters. The third kappa shape index (κ3) is 1.33. The van der Waals surface area contributed by atoms with Crippen LogP contribution in [0.2, 0.25) is 0 Å². The van der Waals surface area contributed by atoms with Crippen LogP contribution < -0.4 is 5.73 Å². The minimum atomic E-state index is 0.0358. The number of hydrogen-bond acceptors (Lipinski definition) is 3. The predicted molar refractivity (Wildman–Crippen MR) is 38.2 cm³/mol. The van der Waals surface area contributed by atoms with Gasteiger partial charge >= 0.3 is 0 Å². The predicted octanol–water partition coefficient (Wildman–Crippen LogP) is 0.225. The van der Waals surface area contributed by atoms with E-state index in [1.807, 2.05) is 20.2 Å². The minimum absolute atomic E-state index is 0.0358. The van der Waals surface area contributed by atoms with E-state index < -0.39 is 0 Å². The second-order valence-corrected chi connectivity index (χ2v) is 2.33. The summed E-state index contributed by atoms with van der Waals surface area (Å²) in [5.74, 6) is 0. The summed E-state index contributed by atoms with van der Waals surface area (Å²) < 4.78 is 1.66. The van der Waals surface area contributed by atoms with Crippen LogP contribution in [0.25, 0.3) is 0 Å². The van der Waals surface area contributed by atoms with Crippen LogP contribution in [0.3, 0.4) is 0 Å². The van der Waals surface area contributed by atoms with Gasteiger partial charge in [0.2, 0.25) is 0 Å². The molecule has 0 fully saturated rings. The Bertz CT molecular complexity index is 205. The SMILES string of the molecule is CC[C@H](N)c1cn(C)nn1. The normalized spacial score (nSPS) is 13.5. The molecule has 0 bridgehead atoms. The largest absolute Gasteiger partial charge is 0.323 e. The Labute approximate surface area is 60.0 Å². The molecule has 0 saturated carbocycles. The number of aryl methyl sites for hydroxylation is 1. The zero-order valence-electron chi connectivity index (χ0n) is 6.28. The van der Waals surface area contributed by atoms with Crippen LogP contribution in [-0.4, -0.2) is 15.0 Å². The molecule has 1 heterocycles. The summed E-state index contributed by atoms with van der Waals surface area (Å²) in [4.78, 5) is 0. The van der Waals surface area contributed by atoms with Gasteiger partial charge in [0, 0.05) is 13.2 Å². The molecule has 1 atom stereocenters. The van der Waals surface area contributed by atoms with E-state index in [0.29, 0.717) is 0 Å². The lowest BCUT2D eigenvalue weighted by Crippen LogP contribution is -2.08. The van der Waals surface area contributed by atoms with Gasteiger partial charge in [-0.15, -0.1) is 5.10 Å². The molecule has 1 rings (SSSR count). The van der Waals surface area contributed by atoms with Crippen molar-refractivity contribution in [2.24, 2.45) is 12.8 Å². The maximum Gasteiger partial charge on any atom is 0.0993 e. The van der Waals surface area contributed by atoms with Crippen LogP contribution >= 0.6 is 0 Å². The van der Waals surface area contributed by atoms with E-state index in [2.05, 4.69) is 10.3 Å². The smallest absolute Gasteiger partial charge is 0.0993 e. The van der Waals surface area contributed by atoms with Crippen molar-refractivity contribution < 1.29 is 0 Å². The number of aromatic nitrogens is 3. The second-order valence-electron chi connectivity index (χ2n) is 2.33. The summed E-state index contributed by atoms with van der Waals surface area (Å²) in [6, 6.07) is 0.0358. The molecular weight excluding hydrogens is 128 g/mol. The van der Waals surface area contributed by atoms with Crippen molar-refractivity contribution in [3.63, 3.8) is 0 Å². The topological polar surface area (TPSA) is 56.7 Å². The Hall–Kier alpha value is -0.900. The number of nitrogens with zero attached hydrogens (tertiary/aromatic N) is 3. The van der Waals surface area contributed by atoms with Gasteiger partial charge < -0.3 is 5.73 Å². The maximum atomic E-state index is 5.69. The summed E-state index contributed by atoms with van der Waals surface area (Å²) in [6.07, 6.45) is 2.74. The third-order valence-electron chi connectivity index (χ3n) is 1.44. The first-order valence-corrected chi connectivity index (χ1v) is 3.36. The molecule has 4 nitrogen and oxygen atoms in total. The Morgan fingerprint density at radius 1 is 1.80 bits per heavy atom. The van der Waals surface area contributed by atoms with Crippen molar-refractivity contribution in [1.29, 1.82) is 0 Å². The van der Waals surface area contributed by atoms with E-state index in [-0.39, 0.29) is 6.04 Å². The first-order chi connectivity index (χ1) is 4.74. The van der Waals surface area contributed by atoms with Crippen LogP contribution in [0, 0.1) is 0 Å². The lowest BCUT2D eigenvalue weighted by atomic mass is 10.2. The number of rotatable bonds is 2. The van der Waals surface area contributed by atoms with Crippen molar-refractivity contribution in [2.75, 3.05) is 0 Å². The highest BCUT2D eigenvalue weighted by Gasteiger charge is 2.05. The summed E-state index contributed by atoms with van der Waals surface area (Å²) in [7, 11) is 1.83. The first-order valence-electron chi connectivity index (χ1n) is 3.36. The molecule has 0 aromatic carbocycles. The summed E-state index contributed by atoms with van der Waals surface area (Å²) in [5.41, 5.74) is 6.56. The Kier molecular flexibility index (Phi) is 2.01. The molecule has 56 valence electrons. The monoisotopic (exact) mass is 140 g/mol. The maximum absolute atomic E-state index is 5.69. The van der Waals surface area contributed by atoms with E-state index in [4.69, 9.17) is 5.73 Å². The molecule has 0 amide bonds. The van der Waals surface area contributed by atoms with Gasteiger partial charge in [0.15, 0.2) is 0 Å². The third-order valence-corrected chi connectivity index (χ3v) is 1.44. The summed E-state index contributed by atoms with van der Waals surface area (Å²) in [5, 5.41) is 7.65. The molecule has 0 radical (unpaired) electrons. The van der Waals surface area contributed by atoms with Crippen LogP contribution in [0.15, 0.2) is 6.20 Å². The molecule has 0 saturated heterocycles. The first kappa shape index (κ1) is 7.21. The van der Waals surface area contributed by atoms with Crippen molar-refractivity contribution in [1.82, 2.24) is 15.0 Å². The fourth-order valence-corrected chi connectivity index (χ4v) is 0.744. The zero-order chi connectivity index (χ0) is 7.56. The van der Waals surface area contributed by atoms with Crippen molar-refractivity contribution in [2.45, 2.75) is 19.4 Å². The molecule has 0 aliphatic heterocycles. The average molecular weight is 140 g/mol. The van der Waals surface area contributed by atoms with E-state index in [1.165, 1.54) is 0 Å². The molecular formula is C6H12N4. The van der Waals surface area contributed by atoms with Crippen LogP contribution in [-0.2, 0) is 7.05 Å². The van der Waals surface area contributed by atoms with Gasteiger partial charge in [0.05, 0.1) is 11.7 Å². The van der Waals surface area contributed by atoms with Crippen LogP contribution in [0.1, 0.15) is 25.1 Å². The van der Waals surface area contributed by atoms with Gasteiger partial charge in [-0.3, -0.25) is 4.68 Å². The van der Waals surface area contributed by atoms with E-state index in [9.17, 15) is 0 Å². The quantitative estimate of drug-likeness (QED) is 0.639. The van der Waals surface area contributed by atoms with Gasteiger partial charge in [-0.25, -0.2) is 0 Å². The summed E-state index contributed by atoms with van der Waals surface area (Å²) in [6.45, 7) is 2.03. The van der Waals surface area contributed by atoms with Crippen LogP contribution in [0.4, 0.5) is 0 Å². The Morgan fingerprint density at radius 2 is 2.50 bits per heavy atom. The fraction of sp³-hybridized carbons (Fsp3) is 0.667. The highest BCUT2D eigenvalue weighted by Crippen LogP contribution is 2.07. The average Bonchev–Trinajstić information content (AvgIpc) is 2.34. The van der Waals surface area contributed by atoms with Gasteiger partial charge in [-0.05, 0) is 6.42 Å². The lowest BCUT2D eigenvalue weighted by molar-refractivity contribution is 0.667. The molecule has 0 aliphatic rings. The number of nitrogens with two attached hydrogens (primary N) is 1. The van der Waals surface area contributed by atoms with Gasteiger partial charge in [-0.1, -0.05) is 12.1 Å². The standard InChI is InChI=1S/C6H12N4/c1-3-5(7)6-4-10(2)9-8-6/h4-5H,3,7H2,1-2H3/t5-/m0/s1. The Balaban J connectivity index is 2.74. The van der Waals surface area contributed by atoms with E-state index in [0.717, 1.165) is 12.1 Å². The molecule has 0 spiro atoms. The summed E-state index contributed by atoms with van der Waals surface area (Å²) >= 11 is 0. The molecule has 4 heteroatoms. The minimum Gasteiger partial charge on any atom is -0.323 e. The highest BCUT2D eigenvalue weighted by atomic mass is 15.4. The lowest BCUT2D eigenvalue weighted by Gasteiger charge is -2.00. The highest BCUT2D eigenvalue weighted by molar-refractivity contribution is 4.98. The molecule has 2 N–H and O–H groups in total. The number of hydrogen-bond donors (Lipinski definition) is 1. The fourth-order valence-electron chi connectivity index (χ4n) is 0.744. The van der Waals surface area contributed by atoms with E-state index >= 15 is 0 Å². The van der Waals surface area contributed by atoms with E-state index in [1.54, 1.807) is 4.68 Å². The van der Waals surface area contributed by atoms with Crippen molar-refractivity contribution in [3.8, 4) is 0 Å². The molecule has 1 aromatic rings.